The van der Waals surface area contributed by atoms with Crippen molar-refractivity contribution in [2.24, 2.45) is 0 Å². The molecule has 0 N–H and O–H groups in total. The van der Waals surface area contributed by atoms with Crippen LogP contribution in [0.4, 0.5) is 0 Å². The lowest BCUT2D eigenvalue weighted by Crippen LogP contribution is -2.28. The minimum absolute atomic E-state index is 0.275. The molecule has 0 aromatic heterocycles. The summed E-state index contributed by atoms with van der Waals surface area (Å²) in [6.45, 7) is 13.6. The lowest BCUT2D eigenvalue weighted by molar-refractivity contribution is -0.129. The van der Waals surface area contributed by atoms with E-state index in [4.69, 9.17) is 8.85 Å². The van der Waals surface area contributed by atoms with E-state index in [1.165, 1.54) is 18.2 Å². The molecule has 0 amide bonds. The molecule has 0 aliphatic rings. The Hall–Kier alpha value is -1.15. The molecule has 6 heteroatoms. The first kappa shape index (κ1) is 17.9. The summed E-state index contributed by atoms with van der Waals surface area (Å²) in [5.41, 5.74) is 0. The fourth-order valence-corrected chi connectivity index (χ4v) is 2.94. The van der Waals surface area contributed by atoms with Gasteiger partial charge in [0.15, 0.2) is 5.78 Å². The first-order valence-corrected chi connectivity index (χ1v) is 13.0. The van der Waals surface area contributed by atoms with Crippen molar-refractivity contribution in [3.05, 3.63) is 24.0 Å². The van der Waals surface area contributed by atoms with Crippen LogP contribution in [0.1, 0.15) is 6.92 Å². The highest BCUT2D eigenvalue weighted by Crippen LogP contribution is 2.09. The van der Waals surface area contributed by atoms with Gasteiger partial charge in [-0.05, 0) is 52.3 Å². The second-order valence-electron chi connectivity index (χ2n) is 6.24. The molecule has 0 rings (SSSR count). The van der Waals surface area contributed by atoms with Crippen molar-refractivity contribution in [2.75, 3.05) is 0 Å². The van der Waals surface area contributed by atoms with Crippen LogP contribution >= 0.6 is 0 Å². The van der Waals surface area contributed by atoms with E-state index in [2.05, 4.69) is 0 Å². The highest BCUT2D eigenvalue weighted by atomic mass is 28.4. The average Bonchev–Trinajstić information content (AvgIpc) is 2.08. The molecule has 0 spiro atoms. The molecule has 0 bridgehead atoms. The van der Waals surface area contributed by atoms with Gasteiger partial charge in [0.1, 0.15) is 0 Å². The van der Waals surface area contributed by atoms with Crippen molar-refractivity contribution in [3.8, 4) is 0 Å². The second-order valence-corrected chi connectivity index (χ2v) is 15.1. The number of rotatable bonds is 6. The maximum atomic E-state index is 11.6. The highest BCUT2D eigenvalue weighted by Gasteiger charge is 2.18. The number of carbonyl (C=O) groups excluding carboxylic acids is 2. The van der Waals surface area contributed by atoms with Crippen molar-refractivity contribution >= 4 is 28.4 Å². The lowest BCUT2D eigenvalue weighted by atomic mass is 10.3. The van der Waals surface area contributed by atoms with Crippen LogP contribution in [0.15, 0.2) is 24.0 Å². The number of allylic oxidation sites excluding steroid dienone is 3. The minimum atomic E-state index is -1.90. The van der Waals surface area contributed by atoms with Gasteiger partial charge in [-0.25, -0.2) is 4.79 Å². The van der Waals surface area contributed by atoms with E-state index in [0.717, 1.165) is 0 Å². The zero-order chi connectivity index (χ0) is 15.3. The lowest BCUT2D eigenvalue weighted by Gasteiger charge is -2.19. The van der Waals surface area contributed by atoms with E-state index >= 15 is 0 Å². The van der Waals surface area contributed by atoms with Crippen LogP contribution in [0.25, 0.3) is 0 Å². The SMILES string of the molecule is C/C(=C\C(=O)/C=C/C(=O)O[Si](C)(C)C)O[Si](C)(C)C. The molecule has 4 nitrogen and oxygen atoms in total. The molecule has 0 atom stereocenters. The van der Waals surface area contributed by atoms with Crippen LogP contribution in [0.2, 0.25) is 39.3 Å². The summed E-state index contributed by atoms with van der Waals surface area (Å²) in [6, 6.07) is 0. The topological polar surface area (TPSA) is 52.6 Å². The zero-order valence-electron chi connectivity index (χ0n) is 12.9. The molecule has 0 unspecified atom stereocenters. The normalized spacial score (nSPS) is 13.5. The fraction of sp³-hybridized carbons (Fsp3) is 0.538. The van der Waals surface area contributed by atoms with Crippen molar-refractivity contribution in [3.63, 3.8) is 0 Å². The predicted octanol–water partition coefficient (Wildman–Crippen LogP) is 3.25. The summed E-state index contributed by atoms with van der Waals surface area (Å²) in [5.74, 6) is -0.166. The number of carbonyl (C=O) groups is 2. The Kier molecular flexibility index (Phi) is 6.44. The summed E-state index contributed by atoms with van der Waals surface area (Å²) < 4.78 is 10.8. The van der Waals surface area contributed by atoms with Crippen molar-refractivity contribution in [1.82, 2.24) is 0 Å². The van der Waals surface area contributed by atoms with Gasteiger partial charge < -0.3 is 8.85 Å². The van der Waals surface area contributed by atoms with E-state index in [0.29, 0.717) is 5.76 Å². The fourth-order valence-electron chi connectivity index (χ4n) is 1.25. The molecule has 0 fully saturated rings. The summed E-state index contributed by atoms with van der Waals surface area (Å²) in [7, 11) is -3.60. The molecule has 0 aromatic carbocycles. The summed E-state index contributed by atoms with van der Waals surface area (Å²) in [4.78, 5) is 23.0. The first-order chi connectivity index (χ1) is 8.39. The summed E-state index contributed by atoms with van der Waals surface area (Å²) in [5, 5.41) is 0. The summed E-state index contributed by atoms with van der Waals surface area (Å²) >= 11 is 0. The van der Waals surface area contributed by atoms with Gasteiger partial charge in [0, 0.05) is 12.2 Å². The largest absolute Gasteiger partial charge is 0.547 e. The second kappa shape index (κ2) is 6.86. The van der Waals surface area contributed by atoms with E-state index in [9.17, 15) is 9.59 Å². The molecule has 0 aliphatic heterocycles. The van der Waals surface area contributed by atoms with Crippen LogP contribution in [-0.4, -0.2) is 28.4 Å². The Morgan fingerprint density at radius 1 is 0.842 bits per heavy atom. The van der Waals surface area contributed by atoms with Gasteiger partial charge >= 0.3 is 5.97 Å². The number of ketones is 1. The van der Waals surface area contributed by atoms with Gasteiger partial charge in [0.25, 0.3) is 0 Å². The molecule has 0 saturated heterocycles. The first-order valence-electron chi connectivity index (χ1n) is 6.21. The van der Waals surface area contributed by atoms with Gasteiger partial charge in [-0.2, -0.15) is 0 Å². The van der Waals surface area contributed by atoms with Crippen molar-refractivity contribution < 1.29 is 18.4 Å². The third-order valence-electron chi connectivity index (χ3n) is 1.60. The Bertz CT molecular complexity index is 398. The predicted molar refractivity (Wildman–Crippen MR) is 81.8 cm³/mol. The molecule has 19 heavy (non-hydrogen) atoms. The maximum absolute atomic E-state index is 11.6. The smallest absolute Gasteiger partial charge is 0.317 e. The van der Waals surface area contributed by atoms with Crippen molar-refractivity contribution in [1.29, 1.82) is 0 Å². The maximum Gasteiger partial charge on any atom is 0.317 e. The van der Waals surface area contributed by atoms with Gasteiger partial charge in [0.05, 0.1) is 5.76 Å². The molecule has 0 radical (unpaired) electrons. The van der Waals surface area contributed by atoms with Crippen LogP contribution < -0.4 is 0 Å². The molecule has 0 saturated carbocycles. The van der Waals surface area contributed by atoms with E-state index in [1.54, 1.807) is 6.92 Å². The molecule has 0 aliphatic carbocycles. The molecule has 0 heterocycles. The zero-order valence-corrected chi connectivity index (χ0v) is 14.9. The number of hydrogen-bond donors (Lipinski definition) is 0. The standard InChI is InChI=1S/C13H24O4Si2/c1-11(16-18(2,3)4)10-12(14)8-9-13(15)17-19(5,6)7/h8-10H,1-7H3/b9-8+,11-10+. The van der Waals surface area contributed by atoms with Gasteiger partial charge in [0.2, 0.25) is 16.6 Å². The Balaban J connectivity index is 4.46. The van der Waals surface area contributed by atoms with Crippen LogP contribution in [0, 0.1) is 0 Å². The van der Waals surface area contributed by atoms with Crippen LogP contribution in [0.5, 0.6) is 0 Å². The Morgan fingerprint density at radius 3 is 1.74 bits per heavy atom. The summed E-state index contributed by atoms with van der Waals surface area (Å²) in [6.07, 6.45) is 3.76. The van der Waals surface area contributed by atoms with E-state index in [-0.39, 0.29) is 5.78 Å². The average molecular weight is 301 g/mol. The van der Waals surface area contributed by atoms with Crippen LogP contribution in [-0.2, 0) is 18.4 Å². The molecule has 0 aromatic rings. The third kappa shape index (κ3) is 11.7. The van der Waals surface area contributed by atoms with Gasteiger partial charge in [-0.3, -0.25) is 4.79 Å². The Morgan fingerprint density at radius 2 is 1.32 bits per heavy atom. The van der Waals surface area contributed by atoms with Gasteiger partial charge in [-0.15, -0.1) is 0 Å². The minimum Gasteiger partial charge on any atom is -0.547 e. The number of hydrogen-bond acceptors (Lipinski definition) is 4. The Labute approximate surface area is 117 Å². The quantitative estimate of drug-likeness (QED) is 0.429. The van der Waals surface area contributed by atoms with E-state index in [1.807, 2.05) is 39.3 Å². The molecular formula is C13H24O4Si2. The molecule has 108 valence electrons. The van der Waals surface area contributed by atoms with Crippen molar-refractivity contribution in [2.45, 2.75) is 46.2 Å². The third-order valence-corrected chi connectivity index (χ3v) is 3.35. The monoisotopic (exact) mass is 300 g/mol. The van der Waals surface area contributed by atoms with Gasteiger partial charge in [-0.1, -0.05) is 0 Å². The highest BCUT2D eigenvalue weighted by molar-refractivity contribution is 6.71. The van der Waals surface area contributed by atoms with Crippen LogP contribution in [0.3, 0.4) is 0 Å². The molecular weight excluding hydrogens is 276 g/mol. The van der Waals surface area contributed by atoms with E-state index < -0.39 is 22.6 Å².